The number of amides is 1. The summed E-state index contributed by atoms with van der Waals surface area (Å²) >= 11 is 11.8. The highest BCUT2D eigenvalue weighted by Crippen LogP contribution is 2.23. The van der Waals surface area contributed by atoms with Crippen molar-refractivity contribution >= 4 is 50.5 Å². The van der Waals surface area contributed by atoms with Gasteiger partial charge in [-0.3, -0.25) is 4.79 Å². The standard InChI is InChI=1S/C17H19Cl2N3O3S/c1-11-4-5-14(9-16(11)26(24,25)22(2)3)21-17(23)10-20-15-7-12(18)6-13(19)8-15/h4-9,20H,10H2,1-3H3,(H,21,23). The third kappa shape index (κ3) is 5.11. The molecule has 0 radical (unpaired) electrons. The van der Waals surface area contributed by atoms with E-state index in [1.54, 1.807) is 37.3 Å². The van der Waals surface area contributed by atoms with Gasteiger partial charge in [-0.25, -0.2) is 12.7 Å². The van der Waals surface area contributed by atoms with Crippen molar-refractivity contribution in [3.05, 3.63) is 52.0 Å². The molecule has 0 saturated carbocycles. The highest BCUT2D eigenvalue weighted by Gasteiger charge is 2.20. The van der Waals surface area contributed by atoms with Gasteiger partial charge in [-0.1, -0.05) is 29.3 Å². The minimum Gasteiger partial charge on any atom is -0.376 e. The van der Waals surface area contributed by atoms with E-state index >= 15 is 0 Å². The minimum absolute atomic E-state index is 0.0275. The fourth-order valence-electron chi connectivity index (χ4n) is 2.20. The van der Waals surface area contributed by atoms with Gasteiger partial charge in [0.1, 0.15) is 0 Å². The quantitative estimate of drug-likeness (QED) is 0.754. The topological polar surface area (TPSA) is 78.5 Å². The molecule has 2 aromatic rings. The van der Waals surface area contributed by atoms with Gasteiger partial charge in [0.15, 0.2) is 0 Å². The van der Waals surface area contributed by atoms with Crippen LogP contribution < -0.4 is 10.6 Å². The number of aryl methyl sites for hydroxylation is 1. The van der Waals surface area contributed by atoms with Crippen LogP contribution in [-0.2, 0) is 14.8 Å². The minimum atomic E-state index is -3.59. The predicted octanol–water partition coefficient (Wildman–Crippen LogP) is 3.60. The van der Waals surface area contributed by atoms with E-state index in [4.69, 9.17) is 23.2 Å². The fourth-order valence-corrected chi connectivity index (χ4v) is 3.87. The number of sulfonamides is 1. The van der Waals surface area contributed by atoms with Crippen molar-refractivity contribution in [2.45, 2.75) is 11.8 Å². The Bertz CT molecular complexity index is 911. The Morgan fingerprint density at radius 2 is 1.65 bits per heavy atom. The summed E-state index contributed by atoms with van der Waals surface area (Å²) in [6.07, 6.45) is 0. The van der Waals surface area contributed by atoms with Crippen LogP contribution in [0, 0.1) is 6.92 Å². The van der Waals surface area contributed by atoms with Crippen molar-refractivity contribution in [3.63, 3.8) is 0 Å². The summed E-state index contributed by atoms with van der Waals surface area (Å²) < 4.78 is 25.8. The summed E-state index contributed by atoms with van der Waals surface area (Å²) in [5.74, 6) is -0.335. The average Bonchev–Trinajstić information content (AvgIpc) is 2.53. The van der Waals surface area contributed by atoms with Gasteiger partial charge in [0.05, 0.1) is 11.4 Å². The molecule has 0 fully saturated rings. The number of halogens is 2. The van der Waals surface area contributed by atoms with E-state index in [9.17, 15) is 13.2 Å². The summed E-state index contributed by atoms with van der Waals surface area (Å²) in [5, 5.41) is 6.50. The van der Waals surface area contributed by atoms with Crippen LogP contribution in [0.15, 0.2) is 41.3 Å². The van der Waals surface area contributed by atoms with Crippen molar-refractivity contribution in [1.29, 1.82) is 0 Å². The highest BCUT2D eigenvalue weighted by molar-refractivity contribution is 7.89. The lowest BCUT2D eigenvalue weighted by Crippen LogP contribution is -2.24. The van der Waals surface area contributed by atoms with Crippen molar-refractivity contribution < 1.29 is 13.2 Å². The highest BCUT2D eigenvalue weighted by atomic mass is 35.5. The monoisotopic (exact) mass is 415 g/mol. The summed E-state index contributed by atoms with van der Waals surface area (Å²) in [5.41, 5.74) is 1.60. The molecule has 0 bridgehead atoms. The van der Waals surface area contributed by atoms with Crippen molar-refractivity contribution in [2.75, 3.05) is 31.3 Å². The molecule has 0 atom stereocenters. The zero-order chi connectivity index (χ0) is 19.5. The first kappa shape index (κ1) is 20.5. The van der Waals surface area contributed by atoms with Gasteiger partial charge < -0.3 is 10.6 Å². The van der Waals surface area contributed by atoms with Gasteiger partial charge >= 0.3 is 0 Å². The zero-order valence-electron chi connectivity index (χ0n) is 14.5. The summed E-state index contributed by atoms with van der Waals surface area (Å²) in [4.78, 5) is 12.3. The van der Waals surface area contributed by atoms with Crippen LogP contribution >= 0.6 is 23.2 Å². The number of benzene rings is 2. The van der Waals surface area contributed by atoms with Gasteiger partial charge in [-0.2, -0.15) is 0 Å². The molecule has 2 rings (SSSR count). The molecule has 140 valence electrons. The van der Waals surface area contributed by atoms with Crippen molar-refractivity contribution in [2.24, 2.45) is 0 Å². The molecule has 6 nitrogen and oxygen atoms in total. The van der Waals surface area contributed by atoms with Gasteiger partial charge in [0.25, 0.3) is 0 Å². The second-order valence-electron chi connectivity index (χ2n) is 5.83. The third-order valence-electron chi connectivity index (χ3n) is 3.55. The van der Waals surface area contributed by atoms with Crippen molar-refractivity contribution in [1.82, 2.24) is 4.31 Å². The Morgan fingerprint density at radius 3 is 2.23 bits per heavy atom. The first-order valence-corrected chi connectivity index (χ1v) is 9.82. The lowest BCUT2D eigenvalue weighted by atomic mass is 10.2. The summed E-state index contributed by atoms with van der Waals surface area (Å²) in [7, 11) is -0.677. The molecule has 0 aromatic heterocycles. The van der Waals surface area contributed by atoms with E-state index in [0.717, 1.165) is 4.31 Å². The maximum absolute atomic E-state index is 12.3. The molecule has 2 N–H and O–H groups in total. The Morgan fingerprint density at radius 1 is 1.04 bits per heavy atom. The smallest absolute Gasteiger partial charge is 0.243 e. The van der Waals surface area contributed by atoms with E-state index in [2.05, 4.69) is 10.6 Å². The van der Waals surface area contributed by atoms with Crippen LogP contribution in [-0.4, -0.2) is 39.3 Å². The molecular formula is C17H19Cl2N3O3S. The fraction of sp³-hybridized carbons (Fsp3) is 0.235. The number of rotatable bonds is 6. The van der Waals surface area contributed by atoms with E-state index < -0.39 is 10.0 Å². The number of carbonyl (C=O) groups is 1. The molecule has 1 amide bonds. The Balaban J connectivity index is 2.10. The van der Waals surface area contributed by atoms with Crippen LogP contribution in [0.1, 0.15) is 5.56 Å². The molecule has 0 aliphatic carbocycles. The number of carbonyl (C=O) groups excluding carboxylic acids is 1. The van der Waals surface area contributed by atoms with Crippen LogP contribution in [0.4, 0.5) is 11.4 Å². The number of hydrogen-bond donors (Lipinski definition) is 2. The normalized spacial score (nSPS) is 11.5. The number of nitrogens with zero attached hydrogens (tertiary/aromatic N) is 1. The van der Waals surface area contributed by atoms with Crippen LogP contribution in [0.3, 0.4) is 0 Å². The molecule has 0 heterocycles. The largest absolute Gasteiger partial charge is 0.376 e. The molecule has 0 spiro atoms. The zero-order valence-corrected chi connectivity index (χ0v) is 16.8. The molecule has 9 heteroatoms. The van der Waals surface area contributed by atoms with E-state index in [-0.39, 0.29) is 17.3 Å². The summed E-state index contributed by atoms with van der Waals surface area (Å²) in [6.45, 7) is 1.67. The Hall–Kier alpha value is -1.80. The predicted molar refractivity (Wildman–Crippen MR) is 106 cm³/mol. The molecule has 0 saturated heterocycles. The van der Waals surface area contributed by atoms with Crippen LogP contribution in [0.5, 0.6) is 0 Å². The summed E-state index contributed by atoms with van der Waals surface area (Å²) in [6, 6.07) is 9.63. The average molecular weight is 416 g/mol. The SMILES string of the molecule is Cc1ccc(NC(=O)CNc2cc(Cl)cc(Cl)c2)cc1S(=O)(=O)N(C)C. The van der Waals surface area contributed by atoms with E-state index in [0.29, 0.717) is 27.0 Å². The molecule has 0 unspecified atom stereocenters. The van der Waals surface area contributed by atoms with Gasteiger partial charge in [0, 0.05) is 35.5 Å². The lowest BCUT2D eigenvalue weighted by Gasteiger charge is -2.15. The number of nitrogens with one attached hydrogen (secondary N) is 2. The lowest BCUT2D eigenvalue weighted by molar-refractivity contribution is -0.114. The van der Waals surface area contributed by atoms with E-state index in [1.807, 2.05) is 0 Å². The molecule has 0 aliphatic rings. The second kappa shape index (κ2) is 8.26. The number of hydrogen-bond acceptors (Lipinski definition) is 4. The van der Waals surface area contributed by atoms with Crippen molar-refractivity contribution in [3.8, 4) is 0 Å². The van der Waals surface area contributed by atoms with Gasteiger partial charge in [-0.05, 0) is 42.8 Å². The maximum atomic E-state index is 12.3. The van der Waals surface area contributed by atoms with Gasteiger partial charge in [0.2, 0.25) is 15.9 Å². The number of anilines is 2. The first-order valence-electron chi connectivity index (χ1n) is 7.62. The van der Waals surface area contributed by atoms with Crippen LogP contribution in [0.2, 0.25) is 10.0 Å². The second-order valence-corrected chi connectivity index (χ2v) is 8.82. The maximum Gasteiger partial charge on any atom is 0.243 e. The Kier molecular flexibility index (Phi) is 6.52. The first-order chi connectivity index (χ1) is 12.1. The Labute approximate surface area is 163 Å². The van der Waals surface area contributed by atoms with Crippen LogP contribution in [0.25, 0.3) is 0 Å². The molecule has 2 aromatic carbocycles. The molecule has 26 heavy (non-hydrogen) atoms. The van der Waals surface area contributed by atoms with Gasteiger partial charge in [-0.15, -0.1) is 0 Å². The molecule has 0 aliphatic heterocycles. The third-order valence-corrected chi connectivity index (χ3v) is 5.94. The van der Waals surface area contributed by atoms with E-state index in [1.165, 1.54) is 20.2 Å². The molecular weight excluding hydrogens is 397 g/mol.